The first-order chi connectivity index (χ1) is 10.5. The molecule has 0 aromatic rings. The maximum atomic E-state index is 12.8. The Labute approximate surface area is 141 Å². The molecule has 0 aliphatic carbocycles. The lowest BCUT2D eigenvalue weighted by molar-refractivity contribution is -0.142. The molecule has 2 N–H and O–H groups in total. The lowest BCUT2D eigenvalue weighted by Gasteiger charge is -2.44. The molecule has 0 radical (unpaired) electrons. The smallest absolute Gasteiger partial charge is 0.240 e. The first-order valence-electron chi connectivity index (χ1n) is 8.61. The van der Waals surface area contributed by atoms with Crippen LogP contribution in [0.1, 0.15) is 48.5 Å². The van der Waals surface area contributed by atoms with Crippen LogP contribution in [0, 0.1) is 0 Å². The molecule has 0 aromatic heterocycles. The molecule has 1 atom stereocenters. The number of hydrogen-bond acceptors (Lipinski definition) is 4. The van der Waals surface area contributed by atoms with Crippen LogP contribution >= 0.6 is 0 Å². The van der Waals surface area contributed by atoms with E-state index in [0.29, 0.717) is 0 Å². The van der Waals surface area contributed by atoms with E-state index < -0.39 is 5.54 Å². The number of primary amides is 1. The monoisotopic (exact) mass is 326 g/mol. The number of carbonyl (C=O) groups excluding carboxylic acids is 2. The number of nitrogens with zero attached hydrogens (tertiary/aromatic N) is 3. The number of rotatable bonds is 6. The van der Waals surface area contributed by atoms with Crippen LogP contribution in [0.4, 0.5) is 0 Å². The summed E-state index contributed by atoms with van der Waals surface area (Å²) in [5.74, 6) is -0.126. The SMILES string of the molecule is CC(C(=O)N(C(C)C)C(C)C)N1CCN(C(C)(C)C(N)=O)CC1. The predicted octanol–water partition coefficient (Wildman–Crippen LogP) is 0.902. The Morgan fingerprint density at radius 1 is 0.957 bits per heavy atom. The van der Waals surface area contributed by atoms with Gasteiger partial charge in [-0.15, -0.1) is 0 Å². The number of amides is 2. The van der Waals surface area contributed by atoms with Crippen LogP contribution in [0.2, 0.25) is 0 Å². The van der Waals surface area contributed by atoms with Crippen molar-refractivity contribution in [3.8, 4) is 0 Å². The average molecular weight is 326 g/mol. The second kappa shape index (κ2) is 7.62. The van der Waals surface area contributed by atoms with Gasteiger partial charge in [-0.2, -0.15) is 0 Å². The molecule has 0 aromatic carbocycles. The summed E-state index contributed by atoms with van der Waals surface area (Å²) in [6, 6.07) is 0.249. The molecule has 1 fully saturated rings. The molecular formula is C17H34N4O2. The van der Waals surface area contributed by atoms with E-state index in [9.17, 15) is 9.59 Å². The van der Waals surface area contributed by atoms with Crippen molar-refractivity contribution in [3.63, 3.8) is 0 Å². The van der Waals surface area contributed by atoms with Gasteiger partial charge in [0.25, 0.3) is 0 Å². The van der Waals surface area contributed by atoms with Gasteiger partial charge in [0.1, 0.15) is 0 Å². The zero-order chi connectivity index (χ0) is 17.9. The molecule has 1 heterocycles. The minimum Gasteiger partial charge on any atom is -0.368 e. The van der Waals surface area contributed by atoms with E-state index in [2.05, 4.69) is 37.5 Å². The molecule has 2 amide bonds. The Morgan fingerprint density at radius 2 is 1.39 bits per heavy atom. The van der Waals surface area contributed by atoms with Crippen LogP contribution < -0.4 is 5.73 Å². The van der Waals surface area contributed by atoms with E-state index in [1.807, 2.05) is 25.7 Å². The summed E-state index contributed by atoms with van der Waals surface area (Å²) in [5.41, 5.74) is 4.86. The van der Waals surface area contributed by atoms with Crippen molar-refractivity contribution < 1.29 is 9.59 Å². The maximum absolute atomic E-state index is 12.8. The summed E-state index contributed by atoms with van der Waals surface area (Å²) in [5, 5.41) is 0. The topological polar surface area (TPSA) is 69.9 Å². The van der Waals surface area contributed by atoms with E-state index in [-0.39, 0.29) is 29.9 Å². The number of piperazine rings is 1. The fraction of sp³-hybridized carbons (Fsp3) is 0.882. The van der Waals surface area contributed by atoms with Gasteiger partial charge >= 0.3 is 0 Å². The third-order valence-corrected chi connectivity index (χ3v) is 4.98. The van der Waals surface area contributed by atoms with Gasteiger partial charge in [0.2, 0.25) is 11.8 Å². The van der Waals surface area contributed by atoms with E-state index in [0.717, 1.165) is 26.2 Å². The van der Waals surface area contributed by atoms with Crippen molar-refractivity contribution in [1.29, 1.82) is 0 Å². The standard InChI is InChI=1S/C17H34N4O2/c1-12(2)21(13(3)4)15(22)14(5)19-8-10-20(11-9-19)17(6,7)16(18)23/h12-14H,8-11H2,1-7H3,(H2,18,23). The third-order valence-electron chi connectivity index (χ3n) is 4.98. The van der Waals surface area contributed by atoms with Gasteiger partial charge in [-0.25, -0.2) is 0 Å². The lowest BCUT2D eigenvalue weighted by Crippen LogP contribution is -2.62. The van der Waals surface area contributed by atoms with Crippen molar-refractivity contribution in [1.82, 2.24) is 14.7 Å². The van der Waals surface area contributed by atoms with Crippen LogP contribution in [0.15, 0.2) is 0 Å². The minimum atomic E-state index is -0.638. The van der Waals surface area contributed by atoms with E-state index in [4.69, 9.17) is 5.73 Å². The Hall–Kier alpha value is -1.14. The van der Waals surface area contributed by atoms with Gasteiger partial charge < -0.3 is 10.6 Å². The number of carbonyl (C=O) groups is 2. The summed E-state index contributed by atoms with van der Waals surface area (Å²) >= 11 is 0. The third kappa shape index (κ3) is 4.44. The lowest BCUT2D eigenvalue weighted by atomic mass is 10.0. The average Bonchev–Trinajstić information content (AvgIpc) is 2.45. The zero-order valence-corrected chi connectivity index (χ0v) is 15.8. The molecule has 1 saturated heterocycles. The van der Waals surface area contributed by atoms with Crippen molar-refractivity contribution in [2.45, 2.75) is 72.1 Å². The van der Waals surface area contributed by atoms with Gasteiger partial charge in [0.05, 0.1) is 11.6 Å². The van der Waals surface area contributed by atoms with Crippen molar-refractivity contribution in [2.75, 3.05) is 26.2 Å². The summed E-state index contributed by atoms with van der Waals surface area (Å²) < 4.78 is 0. The highest BCUT2D eigenvalue weighted by Gasteiger charge is 2.37. The summed E-state index contributed by atoms with van der Waals surface area (Å²) in [4.78, 5) is 30.7. The van der Waals surface area contributed by atoms with Gasteiger partial charge in [-0.1, -0.05) is 0 Å². The molecule has 6 nitrogen and oxygen atoms in total. The minimum absolute atomic E-state index is 0.140. The predicted molar refractivity (Wildman–Crippen MR) is 93.0 cm³/mol. The van der Waals surface area contributed by atoms with Crippen LogP contribution in [0.5, 0.6) is 0 Å². The molecule has 1 unspecified atom stereocenters. The van der Waals surface area contributed by atoms with E-state index in [1.165, 1.54) is 0 Å². The maximum Gasteiger partial charge on any atom is 0.240 e. The van der Waals surface area contributed by atoms with E-state index in [1.54, 1.807) is 0 Å². The number of hydrogen-bond donors (Lipinski definition) is 1. The Kier molecular flexibility index (Phi) is 6.59. The van der Waals surface area contributed by atoms with Crippen LogP contribution in [-0.4, -0.2) is 76.4 Å². The highest BCUT2D eigenvalue weighted by molar-refractivity contribution is 5.83. The highest BCUT2D eigenvalue weighted by Crippen LogP contribution is 2.19. The molecule has 134 valence electrons. The van der Waals surface area contributed by atoms with Gasteiger partial charge in [0.15, 0.2) is 0 Å². The Morgan fingerprint density at radius 3 is 1.74 bits per heavy atom. The molecule has 1 aliphatic rings. The molecule has 1 aliphatic heterocycles. The molecule has 1 rings (SSSR count). The van der Waals surface area contributed by atoms with Crippen LogP contribution in [-0.2, 0) is 9.59 Å². The van der Waals surface area contributed by atoms with Crippen molar-refractivity contribution in [3.05, 3.63) is 0 Å². The quantitative estimate of drug-likeness (QED) is 0.787. The fourth-order valence-corrected chi connectivity index (χ4v) is 3.30. The van der Waals surface area contributed by atoms with Gasteiger partial charge in [-0.05, 0) is 48.5 Å². The second-order valence-corrected chi connectivity index (χ2v) is 7.56. The molecule has 6 heteroatoms. The largest absolute Gasteiger partial charge is 0.368 e. The summed E-state index contributed by atoms with van der Waals surface area (Å²) in [7, 11) is 0. The van der Waals surface area contributed by atoms with Crippen molar-refractivity contribution in [2.24, 2.45) is 5.73 Å². The summed E-state index contributed by atoms with van der Waals surface area (Å²) in [6.45, 7) is 17.0. The first-order valence-corrected chi connectivity index (χ1v) is 8.61. The van der Waals surface area contributed by atoms with E-state index >= 15 is 0 Å². The molecule has 0 saturated carbocycles. The Bertz CT molecular complexity index is 418. The fourth-order valence-electron chi connectivity index (χ4n) is 3.30. The van der Waals surface area contributed by atoms with Crippen molar-refractivity contribution >= 4 is 11.8 Å². The number of nitrogens with two attached hydrogens (primary N) is 1. The van der Waals surface area contributed by atoms with Gasteiger partial charge in [-0.3, -0.25) is 19.4 Å². The second-order valence-electron chi connectivity index (χ2n) is 7.56. The first kappa shape index (κ1) is 19.9. The molecule has 0 bridgehead atoms. The van der Waals surface area contributed by atoms with Gasteiger partial charge in [0, 0.05) is 38.3 Å². The normalized spacial score (nSPS) is 19.2. The zero-order valence-electron chi connectivity index (χ0n) is 15.8. The molecule has 23 heavy (non-hydrogen) atoms. The highest BCUT2D eigenvalue weighted by atomic mass is 16.2. The molecule has 0 spiro atoms. The van der Waals surface area contributed by atoms with Crippen LogP contribution in [0.25, 0.3) is 0 Å². The van der Waals surface area contributed by atoms with Crippen LogP contribution in [0.3, 0.4) is 0 Å². The summed E-state index contributed by atoms with van der Waals surface area (Å²) in [6.07, 6.45) is 0. The molecular weight excluding hydrogens is 292 g/mol. The Balaban J connectivity index is 2.70.